The van der Waals surface area contributed by atoms with Crippen molar-refractivity contribution >= 4 is 269 Å². The number of ketones is 1. The van der Waals surface area contributed by atoms with Crippen LogP contribution in [0.15, 0.2) is 84.9 Å². The Bertz CT molecular complexity index is 3220. The number of hydrogen-bond donors (Lipinski definition) is 2. The van der Waals surface area contributed by atoms with E-state index in [4.69, 9.17) is 129 Å². The fourth-order valence-electron chi connectivity index (χ4n) is 23.2. The van der Waals surface area contributed by atoms with Gasteiger partial charge in [0.2, 0.25) is 5.91 Å². The average molecular weight is 1390 g/mol. The van der Waals surface area contributed by atoms with Gasteiger partial charge in [-0.25, -0.2) is 5.06 Å². The van der Waals surface area contributed by atoms with E-state index in [1.165, 1.54) is 104 Å². The quantitative estimate of drug-likeness (QED) is 0.0690. The van der Waals surface area contributed by atoms with Crippen LogP contribution in [-0.2, 0) is 9.63 Å². The number of hydroxylamine groups is 2. The third kappa shape index (κ3) is 19.5. The smallest absolute Gasteiger partial charge is 1.00 e. The van der Waals surface area contributed by atoms with Crippen LogP contribution in [0, 0.1) is 86.9 Å². The van der Waals surface area contributed by atoms with Crippen LogP contribution in [0.2, 0.25) is 0 Å². The van der Waals surface area contributed by atoms with Crippen molar-refractivity contribution in [3.05, 3.63) is 96.6 Å². The number of hydrogen-bond acceptors (Lipinski definition) is 5. The Labute approximate surface area is 677 Å². The van der Waals surface area contributed by atoms with Crippen molar-refractivity contribution in [1.82, 2.24) is 5.06 Å². The Morgan fingerprint density at radius 1 is 0.447 bits per heavy atom. The molecule has 103 heavy (non-hydrogen) atoms. The fraction of sp³-hybridized carbons (Fsp3) is 0.662. The Morgan fingerprint density at radius 3 is 1.19 bits per heavy atom. The molecule has 0 bridgehead atoms. The van der Waals surface area contributed by atoms with Gasteiger partial charge in [-0.1, -0.05) is 89.7 Å². The summed E-state index contributed by atoms with van der Waals surface area (Å²) < 4.78 is 0. The Kier molecular flexibility index (Phi) is 33.3. The molecule has 4 aromatic carbocycles. The molecule has 0 aromatic heterocycles. The summed E-state index contributed by atoms with van der Waals surface area (Å²) >= 11 is 0. The summed E-state index contributed by atoms with van der Waals surface area (Å²) in [7, 11) is 99.7. The molecule has 0 saturated heterocycles. The minimum absolute atomic E-state index is 0. The van der Waals surface area contributed by atoms with E-state index in [-0.39, 0.29) is 76.0 Å². The monoisotopic (exact) mass is 1400 g/mol. The average Bonchev–Trinajstić information content (AvgIpc) is 1.68. The molecule has 0 unspecified atom stereocenters. The largest absolute Gasteiger partial charge is 2.00 e. The topological polar surface area (TPSA) is 87.1 Å². The van der Waals surface area contributed by atoms with E-state index in [2.05, 4.69) is 101 Å². The van der Waals surface area contributed by atoms with Crippen LogP contribution < -0.4 is 17.0 Å². The van der Waals surface area contributed by atoms with Crippen LogP contribution in [0.25, 0.3) is 21.5 Å². The Morgan fingerprint density at radius 2 is 0.806 bits per heavy atom. The summed E-state index contributed by atoms with van der Waals surface area (Å²) in [6.45, 7) is 14.0. The number of carbonyl (C=O) groups is 2. The maximum absolute atomic E-state index is 13.8. The number of carbonyl (C=O) groups excluding carboxylic acids is 2. The van der Waals surface area contributed by atoms with Crippen LogP contribution in [0.3, 0.4) is 0 Å². The van der Waals surface area contributed by atoms with Crippen molar-refractivity contribution < 1.29 is 41.6 Å². The third-order valence-corrected chi connectivity index (χ3v) is 28.5. The van der Waals surface area contributed by atoms with Gasteiger partial charge in [0.1, 0.15) is 0 Å². The molecule has 8 aliphatic carbocycles. The maximum atomic E-state index is 13.8. The SMILES string of the molecule is C.CON(C)C(=O)[C@H]1CC[C@H]2[C@@H]3CC[C@H]4C[C@](C)(O)CC[C@]4(C)[C@H]3CC[C@]12C.C[C@@]1(O)CC[C@@]2(C)[C@@H](CC[C@@H]3[C@@H]2CC[C@]2(C)[C@@H](C(=O)c4ccc5ccccc5c4)CC[C@@H]32)C1.[B]B([B])B(B([B])[B])B(B(B([B])[B])B([B])[B])B(B(B([B])[B])B([B])[B])B(B([B])[B])B([B])[B].[Br-].[Mg+2].[c-]1ccc2ccccc2c1. The second kappa shape index (κ2) is 37.5. The van der Waals surface area contributed by atoms with Crippen LogP contribution in [0.1, 0.15) is 175 Å². The zero-order chi connectivity index (χ0) is 73.5. The van der Waals surface area contributed by atoms with Gasteiger partial charge in [0.15, 0.2) is 5.78 Å². The maximum Gasteiger partial charge on any atom is 2.00 e. The molecule has 0 spiro atoms. The van der Waals surface area contributed by atoms with Crippen LogP contribution in [-0.4, -0.2) is 289 Å². The van der Waals surface area contributed by atoms with Crippen molar-refractivity contribution in [3.8, 4) is 0 Å². The molecule has 1 amide bonds. The molecule has 32 radical (unpaired) electrons. The first-order chi connectivity index (χ1) is 46.9. The van der Waals surface area contributed by atoms with Gasteiger partial charge in [-0.05, 0) is 215 Å². The normalized spacial score (nSPS) is 31.6. The van der Waals surface area contributed by atoms with Gasteiger partial charge in [-0.15, -0.1) is 16.8 Å². The summed E-state index contributed by atoms with van der Waals surface area (Å²) in [5.74, 6) is 6.64. The summed E-state index contributed by atoms with van der Waals surface area (Å²) in [5, 5.41) is 27.7. The van der Waals surface area contributed by atoms with Gasteiger partial charge in [0.25, 0.3) is 0 Å². The van der Waals surface area contributed by atoms with E-state index in [0.717, 1.165) is 67.8 Å². The first-order valence-electron chi connectivity index (χ1n) is 37.6. The van der Waals surface area contributed by atoms with Gasteiger partial charge >= 0.3 is 23.1 Å². The van der Waals surface area contributed by atoms with Gasteiger partial charge in [0.05, 0.1) is 18.3 Å². The predicted molar refractivity (Wildman–Crippen MR) is 468 cm³/mol. The zero-order valence-corrected chi connectivity index (χ0v) is 65.6. The summed E-state index contributed by atoms with van der Waals surface area (Å²) in [6.07, 6.45) is 7.03. The van der Waals surface area contributed by atoms with Crippen molar-refractivity contribution in [3.63, 3.8) is 0 Å². The Balaban J connectivity index is 0.000000224. The standard InChI is InChI=1S/C31H40O2.C23H39NO3.C10H7.CH4.B30.BrH.Mg/c1-29(33)16-17-30(2)23(19-29)10-11-24-25-12-13-27(31(25,3)15-14-26(24)30)28(32)22-9-8-20-6-4-5-7-21(20)18-22;1-21(26)12-13-22(2)15(14-21)6-7-16-17-8-9-19(20(25)24(4)27-5)23(17,3)11-10-18(16)22;1-2-6-10-8-4-3-7-9(10)5-1;;1-17(2)25(18(3)4)29(26(19(5)6)20(7)8)30(27(21(9)10)22(11)12)28(23(13)14)24(15)16;;/h4-9,18,23-27,33H,10-17,19H2,1-3H3;15-19,26H,6-14H2,1-5H3;1-3,5-8H;1H4;;1H;/q;;-1;;;;+2/p-1/t23-,24-,25-,26-,27+,29+,30-,31-;15-,16-,17-,18-,19+,21+,22-,23-;;;;;/m00...../s1. The zero-order valence-electron chi connectivity index (χ0n) is 62.6. The minimum atomic E-state index is -1.07. The number of aliphatic hydroxyl groups is 2. The first kappa shape index (κ1) is 91.5. The number of rotatable bonds is 17. The molecule has 0 heterocycles. The number of amides is 1. The molecule has 484 valence electrons. The molecule has 12 rings (SSSR count). The van der Waals surface area contributed by atoms with E-state index in [0.29, 0.717) is 40.3 Å². The van der Waals surface area contributed by atoms with Crippen molar-refractivity contribution in [2.24, 2.45) is 80.8 Å². The number of nitrogens with zero attached hydrogens (tertiary/aromatic N) is 1. The predicted octanol–water partition coefficient (Wildman–Crippen LogP) is 0.324. The van der Waals surface area contributed by atoms with Crippen LogP contribution in [0.5, 0.6) is 0 Å². The van der Waals surface area contributed by atoms with Gasteiger partial charge in [0, 0.05) is 238 Å². The number of Topliss-reactive ketones (excluding diaryl/α,β-unsaturated/α-hetero) is 1. The van der Waals surface area contributed by atoms with E-state index >= 15 is 0 Å². The molecule has 2 N–H and O–H groups in total. The molecule has 38 heteroatoms. The van der Waals surface area contributed by atoms with Crippen molar-refractivity contribution in [2.45, 2.75) is 176 Å². The summed E-state index contributed by atoms with van der Waals surface area (Å²) in [6, 6.07) is 32.0. The van der Waals surface area contributed by atoms with Gasteiger partial charge in [-0.2, -0.15) is 24.3 Å². The molecule has 4 aromatic rings. The number of halogens is 1. The molecule has 16 atom stereocenters. The second-order valence-electron chi connectivity index (χ2n) is 34.4. The second-order valence-corrected chi connectivity index (χ2v) is 34.4. The summed E-state index contributed by atoms with van der Waals surface area (Å²) in [5.41, 5.74) is 1.03. The molecule has 8 saturated carbocycles. The van der Waals surface area contributed by atoms with Gasteiger partial charge in [-0.3, -0.25) is 14.4 Å². The molecule has 8 fully saturated rings. The fourth-order valence-corrected chi connectivity index (χ4v) is 23.2. The van der Waals surface area contributed by atoms with Gasteiger partial charge < -0.3 is 27.2 Å². The van der Waals surface area contributed by atoms with Crippen LogP contribution in [0.4, 0.5) is 0 Å². The van der Waals surface area contributed by atoms with E-state index < -0.39 is 101 Å². The number of benzene rings is 4. The molecule has 8 aliphatic rings. The third-order valence-electron chi connectivity index (χ3n) is 28.5. The Hall–Kier alpha value is -0.386. The number of fused-ring (bicyclic) bond motifs is 12. The first-order valence-corrected chi connectivity index (χ1v) is 37.6. The van der Waals surface area contributed by atoms with E-state index in [1.807, 2.05) is 31.2 Å². The summed E-state index contributed by atoms with van der Waals surface area (Å²) in [4.78, 5) is 32.0. The molecule has 0 aliphatic heterocycles. The molecular weight excluding hydrogens is 1300 g/mol. The molecule has 6 nitrogen and oxygen atoms in total. The van der Waals surface area contributed by atoms with Crippen molar-refractivity contribution in [2.75, 3.05) is 14.2 Å². The minimum Gasteiger partial charge on any atom is -1.00 e. The van der Waals surface area contributed by atoms with E-state index in [1.54, 1.807) is 14.2 Å². The van der Waals surface area contributed by atoms with Crippen molar-refractivity contribution in [1.29, 1.82) is 0 Å². The van der Waals surface area contributed by atoms with Crippen LogP contribution >= 0.6 is 0 Å². The molecular formula is C65H90B30BrMgNO5. The van der Waals surface area contributed by atoms with E-state index in [9.17, 15) is 19.8 Å².